The standard InChI is InChI=1S/C13H21N3O3/c1-8(2)9(3)10(17)16-6-4-13(5-7-16)11(18)14-12(19)15-13/h8-9H,4-7H2,1-3H3,(H2,14,15,18,19). The minimum absolute atomic E-state index is 0.0129. The number of urea groups is 1. The molecule has 1 spiro atoms. The molecule has 2 fully saturated rings. The number of carbonyl (C=O) groups excluding carboxylic acids is 3. The molecule has 0 radical (unpaired) electrons. The van der Waals surface area contributed by atoms with Crippen molar-refractivity contribution in [2.24, 2.45) is 11.8 Å². The second-order valence-electron chi connectivity index (χ2n) is 5.85. The Morgan fingerprint density at radius 1 is 1.21 bits per heavy atom. The quantitative estimate of drug-likeness (QED) is 0.714. The highest BCUT2D eigenvalue weighted by Gasteiger charge is 2.48. The molecule has 0 aliphatic carbocycles. The molecule has 0 aromatic carbocycles. The lowest BCUT2D eigenvalue weighted by atomic mass is 9.86. The normalized spacial score (nSPS) is 23.5. The minimum atomic E-state index is -0.797. The molecule has 6 nitrogen and oxygen atoms in total. The molecule has 2 aliphatic rings. The van der Waals surface area contributed by atoms with Gasteiger partial charge < -0.3 is 10.2 Å². The van der Waals surface area contributed by atoms with Crippen molar-refractivity contribution in [2.45, 2.75) is 39.2 Å². The topological polar surface area (TPSA) is 78.5 Å². The van der Waals surface area contributed by atoms with Crippen molar-refractivity contribution in [3.05, 3.63) is 0 Å². The molecular formula is C13H21N3O3. The van der Waals surface area contributed by atoms with Gasteiger partial charge in [0.25, 0.3) is 5.91 Å². The van der Waals surface area contributed by atoms with Gasteiger partial charge in [0.2, 0.25) is 5.91 Å². The monoisotopic (exact) mass is 267 g/mol. The van der Waals surface area contributed by atoms with Gasteiger partial charge in [-0.3, -0.25) is 14.9 Å². The fourth-order valence-corrected chi connectivity index (χ4v) is 2.56. The van der Waals surface area contributed by atoms with Crippen LogP contribution in [0.5, 0.6) is 0 Å². The second-order valence-corrected chi connectivity index (χ2v) is 5.85. The van der Waals surface area contributed by atoms with Crippen molar-refractivity contribution in [2.75, 3.05) is 13.1 Å². The van der Waals surface area contributed by atoms with Crippen LogP contribution >= 0.6 is 0 Å². The molecule has 2 N–H and O–H groups in total. The molecule has 2 heterocycles. The number of hydrogen-bond donors (Lipinski definition) is 2. The van der Waals surface area contributed by atoms with Crippen molar-refractivity contribution >= 4 is 17.8 Å². The number of carbonyl (C=O) groups is 3. The number of likely N-dealkylation sites (tertiary alicyclic amines) is 1. The maximum absolute atomic E-state index is 12.2. The smallest absolute Gasteiger partial charge is 0.322 e. The van der Waals surface area contributed by atoms with E-state index in [1.165, 1.54) is 0 Å². The Kier molecular flexibility index (Phi) is 3.52. The van der Waals surface area contributed by atoms with Crippen LogP contribution in [0.3, 0.4) is 0 Å². The summed E-state index contributed by atoms with van der Waals surface area (Å²) < 4.78 is 0. The molecule has 4 amide bonds. The molecule has 6 heteroatoms. The van der Waals surface area contributed by atoms with Crippen LogP contribution in [0.25, 0.3) is 0 Å². The molecule has 0 aromatic rings. The van der Waals surface area contributed by atoms with E-state index in [0.29, 0.717) is 31.8 Å². The summed E-state index contributed by atoms with van der Waals surface area (Å²) in [5, 5.41) is 4.96. The summed E-state index contributed by atoms with van der Waals surface area (Å²) in [6, 6.07) is -0.430. The van der Waals surface area contributed by atoms with E-state index in [4.69, 9.17) is 0 Å². The maximum Gasteiger partial charge on any atom is 0.322 e. The predicted octanol–water partition coefficient (Wildman–Crippen LogP) is 0.479. The third kappa shape index (κ3) is 2.43. The maximum atomic E-state index is 12.2. The molecule has 1 unspecified atom stereocenters. The van der Waals surface area contributed by atoms with Gasteiger partial charge in [-0.15, -0.1) is 0 Å². The van der Waals surface area contributed by atoms with E-state index in [1.807, 2.05) is 20.8 Å². The average Bonchev–Trinajstić information content (AvgIpc) is 2.63. The molecule has 2 saturated heterocycles. The van der Waals surface area contributed by atoms with E-state index in [0.717, 1.165) is 0 Å². The van der Waals surface area contributed by atoms with Crippen molar-refractivity contribution in [3.63, 3.8) is 0 Å². The zero-order chi connectivity index (χ0) is 14.2. The highest BCUT2D eigenvalue weighted by Crippen LogP contribution is 2.27. The Bertz CT molecular complexity index is 411. The van der Waals surface area contributed by atoms with Crippen molar-refractivity contribution < 1.29 is 14.4 Å². The zero-order valence-corrected chi connectivity index (χ0v) is 11.7. The Labute approximate surface area is 112 Å². The number of nitrogens with zero attached hydrogens (tertiary/aromatic N) is 1. The fourth-order valence-electron chi connectivity index (χ4n) is 2.56. The van der Waals surface area contributed by atoms with Gasteiger partial charge >= 0.3 is 6.03 Å². The van der Waals surface area contributed by atoms with Gasteiger partial charge in [-0.25, -0.2) is 4.79 Å². The van der Waals surface area contributed by atoms with Gasteiger partial charge in [0.15, 0.2) is 0 Å². The zero-order valence-electron chi connectivity index (χ0n) is 11.7. The largest absolute Gasteiger partial charge is 0.342 e. The summed E-state index contributed by atoms with van der Waals surface area (Å²) >= 11 is 0. The van der Waals surface area contributed by atoms with Crippen molar-refractivity contribution in [3.8, 4) is 0 Å². The number of piperidine rings is 1. The first kappa shape index (κ1) is 13.8. The lowest BCUT2D eigenvalue weighted by molar-refractivity contribution is -0.140. The Hall–Kier alpha value is -1.59. The van der Waals surface area contributed by atoms with Gasteiger partial charge in [-0.05, 0) is 18.8 Å². The van der Waals surface area contributed by atoms with Crippen LogP contribution in [0.15, 0.2) is 0 Å². The van der Waals surface area contributed by atoms with E-state index in [9.17, 15) is 14.4 Å². The van der Waals surface area contributed by atoms with Crippen molar-refractivity contribution in [1.29, 1.82) is 0 Å². The van der Waals surface area contributed by atoms with E-state index in [2.05, 4.69) is 10.6 Å². The molecule has 2 aliphatic heterocycles. The van der Waals surface area contributed by atoms with Gasteiger partial charge in [-0.1, -0.05) is 20.8 Å². The summed E-state index contributed by atoms with van der Waals surface area (Å²) in [6.07, 6.45) is 0.974. The first-order valence-electron chi connectivity index (χ1n) is 6.78. The van der Waals surface area contributed by atoms with Crippen molar-refractivity contribution in [1.82, 2.24) is 15.5 Å². The van der Waals surface area contributed by atoms with Crippen LogP contribution in [0.2, 0.25) is 0 Å². The fraction of sp³-hybridized carbons (Fsp3) is 0.769. The number of hydrogen-bond acceptors (Lipinski definition) is 3. The van der Waals surface area contributed by atoms with Crippen LogP contribution < -0.4 is 10.6 Å². The van der Waals surface area contributed by atoms with Gasteiger partial charge in [0.1, 0.15) is 5.54 Å². The second kappa shape index (κ2) is 4.83. The van der Waals surface area contributed by atoms with Crippen LogP contribution in [0.4, 0.5) is 4.79 Å². The Balaban J connectivity index is 1.98. The molecule has 106 valence electrons. The minimum Gasteiger partial charge on any atom is -0.342 e. The van der Waals surface area contributed by atoms with E-state index in [-0.39, 0.29) is 17.7 Å². The Morgan fingerprint density at radius 3 is 2.21 bits per heavy atom. The van der Waals surface area contributed by atoms with E-state index < -0.39 is 11.6 Å². The summed E-state index contributed by atoms with van der Waals surface area (Å²) in [7, 11) is 0. The van der Waals surface area contributed by atoms with Crippen LogP contribution in [-0.4, -0.2) is 41.4 Å². The third-order valence-corrected chi connectivity index (χ3v) is 4.33. The molecule has 1 atom stereocenters. The lowest BCUT2D eigenvalue weighted by Gasteiger charge is -2.38. The van der Waals surface area contributed by atoms with Gasteiger partial charge in [0, 0.05) is 19.0 Å². The summed E-state index contributed by atoms with van der Waals surface area (Å²) in [5.74, 6) is 0.162. The Morgan fingerprint density at radius 2 is 1.79 bits per heavy atom. The first-order valence-corrected chi connectivity index (χ1v) is 6.78. The summed E-state index contributed by atoms with van der Waals surface area (Å²) in [5.41, 5.74) is -0.797. The van der Waals surface area contributed by atoms with E-state index >= 15 is 0 Å². The molecule has 0 saturated carbocycles. The number of imide groups is 1. The van der Waals surface area contributed by atoms with E-state index in [1.54, 1.807) is 4.90 Å². The summed E-state index contributed by atoms with van der Waals surface area (Å²) in [4.78, 5) is 37.0. The molecule has 2 rings (SSSR count). The van der Waals surface area contributed by atoms with Crippen LogP contribution in [0, 0.1) is 11.8 Å². The average molecular weight is 267 g/mol. The number of nitrogens with one attached hydrogen (secondary N) is 2. The van der Waals surface area contributed by atoms with Crippen LogP contribution in [-0.2, 0) is 9.59 Å². The highest BCUT2D eigenvalue weighted by atomic mass is 16.2. The molecule has 0 bridgehead atoms. The summed E-state index contributed by atoms with van der Waals surface area (Å²) in [6.45, 7) is 7.02. The molecule has 19 heavy (non-hydrogen) atoms. The molecular weight excluding hydrogens is 246 g/mol. The molecule has 0 aromatic heterocycles. The van der Waals surface area contributed by atoms with Crippen LogP contribution in [0.1, 0.15) is 33.6 Å². The predicted molar refractivity (Wildman–Crippen MR) is 69.2 cm³/mol. The first-order chi connectivity index (χ1) is 8.85. The lowest BCUT2D eigenvalue weighted by Crippen LogP contribution is -2.56. The highest BCUT2D eigenvalue weighted by molar-refractivity contribution is 6.07. The van der Waals surface area contributed by atoms with Gasteiger partial charge in [0.05, 0.1) is 0 Å². The number of amides is 4. The van der Waals surface area contributed by atoms with Gasteiger partial charge in [-0.2, -0.15) is 0 Å². The number of rotatable bonds is 2. The SMILES string of the molecule is CC(C)C(C)C(=O)N1CCC2(CC1)NC(=O)NC2=O. The third-order valence-electron chi connectivity index (χ3n) is 4.33.